The Bertz CT molecular complexity index is 1990. The highest BCUT2D eigenvalue weighted by molar-refractivity contribution is 7.47. The standard InChI is InChI=1S/C75H136O16P2/c1-4-7-10-13-16-19-22-25-26-27-28-29-30-31-32-33-34-35-36-37-38-39-40-41-42-45-47-49-52-55-58-61-73(78)85-64-70(76)65-87-92(81,82)88-66-71(77)67-89-93(83,84)90-69-72(91-75(80)63-60-57-54-51-48-44-24-21-18-15-12-9-6-3)68-86-74(79)62-59-56-53-50-46-43-23-20-17-14-11-8-5-2/h7,10,16,19,25-26,28-29,31-32,34-35,70-72,76-77H,4-6,8-9,11-15,17-18,20-24,27,30,33,36-69H2,1-3H3,(H,81,82)(H,83,84)/b10-7-,19-16-,26-25-,29-28-,32-31-,35-34-. The molecule has 0 heterocycles. The van der Waals surface area contributed by atoms with Gasteiger partial charge in [-0.2, -0.15) is 0 Å². The molecule has 4 N–H and O–H groups in total. The molecule has 0 aliphatic heterocycles. The zero-order chi connectivity index (χ0) is 68.1. The number of rotatable bonds is 71. The quantitative estimate of drug-likeness (QED) is 0.0146. The first-order chi connectivity index (χ1) is 45.2. The van der Waals surface area contributed by atoms with Crippen molar-refractivity contribution in [2.45, 2.75) is 347 Å². The molecule has 5 unspecified atom stereocenters. The number of ether oxygens (including phenoxy) is 3. The smallest absolute Gasteiger partial charge is 0.463 e. The third-order valence-electron chi connectivity index (χ3n) is 15.9. The number of aliphatic hydroxyl groups excluding tert-OH is 2. The van der Waals surface area contributed by atoms with Crippen molar-refractivity contribution < 1.29 is 75.8 Å². The first kappa shape index (κ1) is 90.0. The van der Waals surface area contributed by atoms with Crippen LogP contribution in [0.3, 0.4) is 0 Å². The molecule has 0 rings (SSSR count). The highest BCUT2D eigenvalue weighted by atomic mass is 31.2. The van der Waals surface area contributed by atoms with Crippen LogP contribution in [0, 0.1) is 0 Å². The number of carbonyl (C=O) groups excluding carboxylic acids is 3. The second kappa shape index (κ2) is 68.9. The summed E-state index contributed by atoms with van der Waals surface area (Å²) in [7, 11) is -9.76. The Morgan fingerprint density at radius 1 is 0.312 bits per heavy atom. The molecule has 0 aromatic rings. The maximum atomic E-state index is 12.9. The molecule has 0 aromatic heterocycles. The van der Waals surface area contributed by atoms with E-state index >= 15 is 0 Å². The zero-order valence-electron chi connectivity index (χ0n) is 58.9. The van der Waals surface area contributed by atoms with Crippen LogP contribution in [0.5, 0.6) is 0 Å². The van der Waals surface area contributed by atoms with Crippen LogP contribution in [0.15, 0.2) is 72.9 Å². The Labute approximate surface area is 566 Å². The Morgan fingerprint density at radius 3 is 0.903 bits per heavy atom. The molecule has 18 heteroatoms. The number of unbranched alkanes of at least 4 members (excludes halogenated alkanes) is 36. The summed E-state index contributed by atoms with van der Waals surface area (Å²) in [5.41, 5.74) is 0. The lowest BCUT2D eigenvalue weighted by atomic mass is 10.0. The SMILES string of the molecule is CC/C=C\C/C=C\C/C=C\C/C=C\C/C=C\C/C=C\CCCCCCCCCCCCCCC(=O)OCC(O)COP(=O)(O)OCC(O)COP(=O)(O)OCC(COC(=O)CCCCCCCCCCCCCCC)OC(=O)CCCCCCCCCCCCCCC. The van der Waals surface area contributed by atoms with Gasteiger partial charge in [-0.15, -0.1) is 0 Å². The van der Waals surface area contributed by atoms with Gasteiger partial charge in [0.15, 0.2) is 6.10 Å². The third-order valence-corrected chi connectivity index (χ3v) is 17.8. The molecule has 0 spiro atoms. The van der Waals surface area contributed by atoms with Crippen LogP contribution in [0.2, 0.25) is 0 Å². The van der Waals surface area contributed by atoms with Crippen LogP contribution < -0.4 is 0 Å². The van der Waals surface area contributed by atoms with Crippen molar-refractivity contribution in [2.75, 3.05) is 39.6 Å². The molecule has 542 valence electrons. The fourth-order valence-corrected chi connectivity index (χ4v) is 11.9. The van der Waals surface area contributed by atoms with E-state index < -0.39 is 91.5 Å². The maximum absolute atomic E-state index is 12.9. The molecule has 0 aliphatic rings. The van der Waals surface area contributed by atoms with Crippen molar-refractivity contribution >= 4 is 33.6 Å². The average molecular weight is 1360 g/mol. The van der Waals surface area contributed by atoms with Gasteiger partial charge in [0.05, 0.1) is 26.4 Å². The van der Waals surface area contributed by atoms with Crippen LogP contribution in [0.1, 0.15) is 329 Å². The fraction of sp³-hybridized carbons (Fsp3) is 0.800. The normalized spacial score (nSPS) is 14.5. The minimum atomic E-state index is -4.91. The van der Waals surface area contributed by atoms with Crippen LogP contribution in [-0.2, 0) is 55.8 Å². The van der Waals surface area contributed by atoms with Crippen molar-refractivity contribution in [3.05, 3.63) is 72.9 Å². The van der Waals surface area contributed by atoms with Crippen molar-refractivity contribution in [2.24, 2.45) is 0 Å². The highest BCUT2D eigenvalue weighted by Crippen LogP contribution is 2.45. The number of phosphoric acid groups is 2. The lowest BCUT2D eigenvalue weighted by Gasteiger charge is -2.21. The molecule has 0 amide bonds. The van der Waals surface area contributed by atoms with E-state index in [9.17, 15) is 43.5 Å². The largest absolute Gasteiger partial charge is 0.472 e. The van der Waals surface area contributed by atoms with Gasteiger partial charge in [0, 0.05) is 19.3 Å². The van der Waals surface area contributed by atoms with Crippen LogP contribution in [-0.4, -0.2) is 95.9 Å². The first-order valence-electron chi connectivity index (χ1n) is 37.2. The number of hydrogen-bond donors (Lipinski definition) is 4. The summed E-state index contributed by atoms with van der Waals surface area (Å²) in [6.07, 6.45) is 73.9. The van der Waals surface area contributed by atoms with Crippen LogP contribution >= 0.6 is 15.6 Å². The van der Waals surface area contributed by atoms with E-state index in [1.807, 2.05) is 0 Å². The van der Waals surface area contributed by atoms with Crippen molar-refractivity contribution in [1.29, 1.82) is 0 Å². The minimum absolute atomic E-state index is 0.113. The maximum Gasteiger partial charge on any atom is 0.472 e. The van der Waals surface area contributed by atoms with Crippen molar-refractivity contribution in [3.63, 3.8) is 0 Å². The number of phosphoric ester groups is 2. The molecule has 93 heavy (non-hydrogen) atoms. The van der Waals surface area contributed by atoms with Crippen molar-refractivity contribution in [3.8, 4) is 0 Å². The highest BCUT2D eigenvalue weighted by Gasteiger charge is 2.29. The summed E-state index contributed by atoms with van der Waals surface area (Å²) in [6, 6.07) is 0. The molecule has 0 saturated carbocycles. The zero-order valence-corrected chi connectivity index (χ0v) is 60.7. The van der Waals surface area contributed by atoms with Gasteiger partial charge in [-0.25, -0.2) is 9.13 Å². The number of hydrogen-bond acceptors (Lipinski definition) is 14. The van der Waals surface area contributed by atoms with Gasteiger partial charge in [0.1, 0.15) is 25.4 Å². The predicted molar refractivity (Wildman–Crippen MR) is 381 cm³/mol. The summed E-state index contributed by atoms with van der Waals surface area (Å²) >= 11 is 0. The van der Waals surface area contributed by atoms with Gasteiger partial charge in [0.25, 0.3) is 0 Å². The van der Waals surface area contributed by atoms with Gasteiger partial charge >= 0.3 is 33.6 Å². The monoisotopic (exact) mass is 1350 g/mol. The average Bonchev–Trinajstić information content (AvgIpc) is 3.55. The Kier molecular flexibility index (Phi) is 66.7. The second-order valence-corrected chi connectivity index (χ2v) is 28.0. The number of carbonyl (C=O) groups is 3. The second-order valence-electron chi connectivity index (χ2n) is 25.1. The molecule has 0 aromatic carbocycles. The minimum Gasteiger partial charge on any atom is -0.463 e. The molecule has 0 bridgehead atoms. The molecule has 0 radical (unpaired) electrons. The molecule has 0 saturated heterocycles. The Balaban J connectivity index is 4.37. The summed E-state index contributed by atoms with van der Waals surface area (Å²) in [4.78, 5) is 58.4. The van der Waals surface area contributed by atoms with E-state index in [0.717, 1.165) is 109 Å². The van der Waals surface area contributed by atoms with Crippen LogP contribution in [0.25, 0.3) is 0 Å². The van der Waals surface area contributed by atoms with Gasteiger partial charge in [-0.1, -0.05) is 312 Å². The van der Waals surface area contributed by atoms with E-state index in [0.29, 0.717) is 19.3 Å². The lowest BCUT2D eigenvalue weighted by Crippen LogP contribution is -2.30. The molecule has 0 fully saturated rings. The molecule has 0 aliphatic carbocycles. The Morgan fingerprint density at radius 2 is 0.570 bits per heavy atom. The van der Waals surface area contributed by atoms with Crippen LogP contribution in [0.4, 0.5) is 0 Å². The third kappa shape index (κ3) is 70.1. The van der Waals surface area contributed by atoms with E-state index in [2.05, 4.69) is 93.7 Å². The van der Waals surface area contributed by atoms with E-state index in [-0.39, 0.29) is 19.3 Å². The number of aliphatic hydroxyl groups is 2. The van der Waals surface area contributed by atoms with E-state index in [1.54, 1.807) is 0 Å². The number of esters is 3. The topological polar surface area (TPSA) is 231 Å². The summed E-state index contributed by atoms with van der Waals surface area (Å²) in [5, 5.41) is 20.6. The summed E-state index contributed by atoms with van der Waals surface area (Å²) < 4.78 is 60.9. The number of allylic oxidation sites excluding steroid dienone is 12. The van der Waals surface area contributed by atoms with E-state index in [4.69, 9.17) is 32.3 Å². The summed E-state index contributed by atoms with van der Waals surface area (Å²) in [5.74, 6) is -1.56. The predicted octanol–water partition coefficient (Wildman–Crippen LogP) is 21.1. The first-order valence-corrected chi connectivity index (χ1v) is 40.2. The molecule has 5 atom stereocenters. The van der Waals surface area contributed by atoms with Gasteiger partial charge in [0.2, 0.25) is 0 Å². The molecular weight excluding hydrogens is 1220 g/mol. The lowest BCUT2D eigenvalue weighted by molar-refractivity contribution is -0.161. The Hall–Kier alpha value is -3.01. The van der Waals surface area contributed by atoms with E-state index in [1.165, 1.54) is 161 Å². The summed E-state index contributed by atoms with van der Waals surface area (Å²) in [6.45, 7) is 2.60. The van der Waals surface area contributed by atoms with Gasteiger partial charge in [-0.3, -0.25) is 32.5 Å². The molecule has 16 nitrogen and oxygen atoms in total. The molecular formula is C75H136O16P2. The fourth-order valence-electron chi connectivity index (χ4n) is 10.3. The van der Waals surface area contributed by atoms with Gasteiger partial charge in [-0.05, 0) is 70.6 Å². The van der Waals surface area contributed by atoms with Crippen molar-refractivity contribution in [1.82, 2.24) is 0 Å². The van der Waals surface area contributed by atoms with Gasteiger partial charge < -0.3 is 34.2 Å².